The minimum atomic E-state index is 0.587. The topological polar surface area (TPSA) is 69.1 Å². The molecule has 0 spiro atoms. The third-order valence-corrected chi connectivity index (χ3v) is 11.7. The largest absolute Gasteiger partial charge is 0.456 e. The van der Waals surface area contributed by atoms with Crippen molar-refractivity contribution >= 4 is 38.2 Å². The molecule has 290 valence electrons. The number of benzene rings is 8. The van der Waals surface area contributed by atoms with Gasteiger partial charge in [0.15, 0.2) is 17.5 Å². The van der Waals surface area contributed by atoms with Crippen molar-refractivity contribution in [1.29, 1.82) is 0 Å². The molecule has 0 fully saturated rings. The van der Waals surface area contributed by atoms with Gasteiger partial charge in [0, 0.05) is 49.5 Å². The van der Waals surface area contributed by atoms with E-state index in [1.807, 2.05) is 60.7 Å². The Bertz CT molecular complexity index is 3610. The highest BCUT2D eigenvalue weighted by molar-refractivity contribution is 6.12. The number of para-hydroxylation sites is 1. The molecule has 12 aromatic rings. The van der Waals surface area contributed by atoms with E-state index in [1.165, 1.54) is 0 Å². The van der Waals surface area contributed by atoms with E-state index in [0.717, 1.165) is 99.7 Å². The summed E-state index contributed by atoms with van der Waals surface area (Å²) in [6.45, 7) is 0. The average Bonchev–Trinajstić information content (AvgIpc) is 3.95. The van der Waals surface area contributed by atoms with Crippen LogP contribution in [-0.4, -0.2) is 24.6 Å². The third kappa shape index (κ3) is 6.04. The van der Waals surface area contributed by atoms with Crippen LogP contribution >= 0.6 is 0 Å². The fourth-order valence-corrected chi connectivity index (χ4v) is 8.75. The van der Waals surface area contributed by atoms with Gasteiger partial charge in [-0.15, -0.1) is 0 Å². The van der Waals surface area contributed by atoms with Gasteiger partial charge < -0.3 is 4.42 Å². The molecule has 8 aromatic carbocycles. The van der Waals surface area contributed by atoms with Gasteiger partial charge in [0.1, 0.15) is 16.9 Å². The molecular weight excluding hydrogens is 759 g/mol. The molecule has 6 nitrogen and oxygen atoms in total. The van der Waals surface area contributed by atoms with Gasteiger partial charge in [0.25, 0.3) is 0 Å². The molecule has 0 saturated heterocycles. The molecule has 0 radical (unpaired) electrons. The van der Waals surface area contributed by atoms with Crippen LogP contribution in [0.2, 0.25) is 0 Å². The number of rotatable bonds is 7. The van der Waals surface area contributed by atoms with Crippen molar-refractivity contribution in [3.8, 4) is 78.9 Å². The maximum absolute atomic E-state index is 6.24. The van der Waals surface area contributed by atoms with Crippen molar-refractivity contribution in [2.24, 2.45) is 0 Å². The lowest BCUT2D eigenvalue weighted by atomic mass is 9.96. The number of aromatic nitrogens is 5. The standard InChI is InChI=1S/C56H35N5O/c1-4-16-36(17-5-1)47-35-42-22-10-11-25-45(42)53-50(37-18-6-2-7-19-37)52(60-61(47)53)38-30-32-40(33-31-38)55-57-54(39-20-8-3-9-21-39)58-56(59-55)43-24-14-23-41(34-43)44-27-15-29-49-51(44)46-26-12-13-28-48(46)62-49/h1-35H. The average molecular weight is 794 g/mol. The predicted molar refractivity (Wildman–Crippen MR) is 251 cm³/mol. The normalized spacial score (nSPS) is 11.5. The molecule has 0 amide bonds. The molecule has 0 unspecified atom stereocenters. The minimum absolute atomic E-state index is 0.587. The van der Waals surface area contributed by atoms with Crippen LogP contribution in [0, 0.1) is 0 Å². The lowest BCUT2D eigenvalue weighted by Gasteiger charge is -2.11. The van der Waals surface area contributed by atoms with E-state index in [9.17, 15) is 0 Å². The number of fused-ring (bicyclic) bond motifs is 6. The summed E-state index contributed by atoms with van der Waals surface area (Å²) in [7, 11) is 0. The highest BCUT2D eigenvalue weighted by Gasteiger charge is 2.22. The Morgan fingerprint density at radius 2 is 0.903 bits per heavy atom. The Morgan fingerprint density at radius 1 is 0.371 bits per heavy atom. The van der Waals surface area contributed by atoms with Gasteiger partial charge in [-0.3, -0.25) is 0 Å². The van der Waals surface area contributed by atoms with Gasteiger partial charge in [-0.25, -0.2) is 19.5 Å². The van der Waals surface area contributed by atoms with E-state index in [1.54, 1.807) is 0 Å². The molecule has 0 aliphatic rings. The Hall–Kier alpha value is -8.48. The second kappa shape index (κ2) is 14.7. The molecule has 0 bridgehead atoms. The van der Waals surface area contributed by atoms with Gasteiger partial charge in [-0.05, 0) is 46.3 Å². The van der Waals surface area contributed by atoms with Crippen LogP contribution in [0.15, 0.2) is 217 Å². The first kappa shape index (κ1) is 35.5. The highest BCUT2D eigenvalue weighted by Crippen LogP contribution is 2.42. The van der Waals surface area contributed by atoms with Gasteiger partial charge in [0.2, 0.25) is 0 Å². The molecule has 0 N–H and O–H groups in total. The zero-order chi connectivity index (χ0) is 41.0. The van der Waals surface area contributed by atoms with Crippen LogP contribution in [0.4, 0.5) is 0 Å². The zero-order valence-electron chi connectivity index (χ0n) is 33.4. The molecule has 0 aliphatic carbocycles. The quantitative estimate of drug-likeness (QED) is 0.161. The first-order valence-electron chi connectivity index (χ1n) is 20.7. The van der Waals surface area contributed by atoms with Crippen LogP contribution in [0.5, 0.6) is 0 Å². The van der Waals surface area contributed by atoms with E-state index in [-0.39, 0.29) is 0 Å². The van der Waals surface area contributed by atoms with Crippen molar-refractivity contribution in [1.82, 2.24) is 24.6 Å². The lowest BCUT2D eigenvalue weighted by Crippen LogP contribution is -2.00. The van der Waals surface area contributed by atoms with E-state index < -0.39 is 0 Å². The number of pyridine rings is 1. The molecule has 0 saturated carbocycles. The van der Waals surface area contributed by atoms with Crippen molar-refractivity contribution in [3.63, 3.8) is 0 Å². The van der Waals surface area contributed by atoms with Crippen molar-refractivity contribution < 1.29 is 4.42 Å². The Labute approximate surface area is 357 Å². The number of hydrogen-bond acceptors (Lipinski definition) is 5. The fourth-order valence-electron chi connectivity index (χ4n) is 8.75. The molecular formula is C56H35N5O. The van der Waals surface area contributed by atoms with E-state index >= 15 is 0 Å². The second-order valence-corrected chi connectivity index (χ2v) is 15.4. The van der Waals surface area contributed by atoms with Gasteiger partial charge in [-0.1, -0.05) is 188 Å². The van der Waals surface area contributed by atoms with Crippen LogP contribution in [0.25, 0.3) is 117 Å². The molecule has 6 heteroatoms. The first-order chi connectivity index (χ1) is 30.7. The summed E-state index contributed by atoms with van der Waals surface area (Å²) in [4.78, 5) is 15.3. The first-order valence-corrected chi connectivity index (χ1v) is 20.7. The minimum Gasteiger partial charge on any atom is -0.456 e. The Morgan fingerprint density at radius 3 is 1.65 bits per heavy atom. The van der Waals surface area contributed by atoms with Crippen LogP contribution in [-0.2, 0) is 0 Å². The zero-order valence-corrected chi connectivity index (χ0v) is 33.4. The van der Waals surface area contributed by atoms with E-state index in [2.05, 4.69) is 156 Å². The summed E-state index contributed by atoms with van der Waals surface area (Å²) in [5.74, 6) is 1.79. The molecule has 0 aliphatic heterocycles. The summed E-state index contributed by atoms with van der Waals surface area (Å²) >= 11 is 0. The van der Waals surface area contributed by atoms with Gasteiger partial charge in [0.05, 0.1) is 11.2 Å². The fraction of sp³-hybridized carbons (Fsp3) is 0. The molecule has 12 rings (SSSR count). The summed E-state index contributed by atoms with van der Waals surface area (Å²) < 4.78 is 8.36. The predicted octanol–water partition coefficient (Wildman–Crippen LogP) is 14.2. The van der Waals surface area contributed by atoms with E-state index in [4.69, 9.17) is 24.5 Å². The summed E-state index contributed by atoms with van der Waals surface area (Å²) in [5.41, 5.74) is 13.8. The highest BCUT2D eigenvalue weighted by atomic mass is 16.3. The third-order valence-electron chi connectivity index (χ3n) is 11.7. The van der Waals surface area contributed by atoms with Gasteiger partial charge in [-0.2, -0.15) is 5.10 Å². The summed E-state index contributed by atoms with van der Waals surface area (Å²) in [6.07, 6.45) is 0. The van der Waals surface area contributed by atoms with Gasteiger partial charge >= 0.3 is 0 Å². The molecule has 4 heterocycles. The summed E-state index contributed by atoms with van der Waals surface area (Å²) in [5, 5.41) is 9.92. The Balaban J connectivity index is 1.00. The number of nitrogens with zero attached hydrogens (tertiary/aromatic N) is 5. The van der Waals surface area contributed by atoms with Crippen molar-refractivity contribution in [2.75, 3.05) is 0 Å². The molecule has 0 atom stereocenters. The number of hydrogen-bond donors (Lipinski definition) is 0. The maximum Gasteiger partial charge on any atom is 0.164 e. The number of furan rings is 1. The van der Waals surface area contributed by atoms with Crippen LogP contribution in [0.1, 0.15) is 0 Å². The van der Waals surface area contributed by atoms with Crippen molar-refractivity contribution in [3.05, 3.63) is 212 Å². The SMILES string of the molecule is c1ccc(-c2nc(-c3ccc(-c4nn5c(-c6ccccc6)cc6ccccc6c5c4-c4ccccc4)cc3)nc(-c3cccc(-c4cccc5oc6ccccc6c45)c3)n2)cc1. The molecule has 62 heavy (non-hydrogen) atoms. The van der Waals surface area contributed by atoms with Crippen molar-refractivity contribution in [2.45, 2.75) is 0 Å². The maximum atomic E-state index is 6.24. The second-order valence-electron chi connectivity index (χ2n) is 15.4. The lowest BCUT2D eigenvalue weighted by molar-refractivity contribution is 0.669. The smallest absolute Gasteiger partial charge is 0.164 e. The van der Waals surface area contributed by atoms with E-state index in [0.29, 0.717) is 17.5 Å². The van der Waals surface area contributed by atoms with Crippen LogP contribution in [0.3, 0.4) is 0 Å². The van der Waals surface area contributed by atoms with Crippen LogP contribution < -0.4 is 0 Å². The summed E-state index contributed by atoms with van der Waals surface area (Å²) in [6, 6.07) is 73.3. The molecule has 4 aromatic heterocycles. The monoisotopic (exact) mass is 793 g/mol. The Kier molecular flexibility index (Phi) is 8.38.